The van der Waals surface area contributed by atoms with E-state index in [0.29, 0.717) is 6.61 Å². The molecule has 0 aromatic heterocycles. The zero-order valence-electron chi connectivity index (χ0n) is 5.82. The van der Waals surface area contributed by atoms with Gasteiger partial charge in [0.2, 0.25) is 0 Å². The molecule has 0 aromatic rings. The van der Waals surface area contributed by atoms with Gasteiger partial charge in [-0.05, 0) is 12.8 Å². The lowest BCUT2D eigenvalue weighted by molar-refractivity contribution is -0.152. The summed E-state index contributed by atoms with van der Waals surface area (Å²) in [4.78, 5) is 0. The van der Waals surface area contributed by atoms with Crippen LogP contribution in [0.2, 0.25) is 0 Å². The topological polar surface area (TPSA) is 38.7 Å². The highest BCUT2D eigenvalue weighted by Gasteiger charge is 2.38. The molecule has 2 saturated heterocycles. The van der Waals surface area contributed by atoms with E-state index in [-0.39, 0.29) is 18.3 Å². The van der Waals surface area contributed by atoms with E-state index in [1.807, 2.05) is 0 Å². The molecule has 58 valence electrons. The lowest BCUT2D eigenvalue weighted by Crippen LogP contribution is -2.30. The first-order valence-electron chi connectivity index (χ1n) is 3.79. The first-order chi connectivity index (χ1) is 4.88. The van der Waals surface area contributed by atoms with Crippen molar-refractivity contribution in [1.82, 2.24) is 0 Å². The maximum atomic E-state index is 9.32. The van der Waals surface area contributed by atoms with Crippen molar-refractivity contribution in [2.24, 2.45) is 5.92 Å². The van der Waals surface area contributed by atoms with Crippen LogP contribution in [-0.4, -0.2) is 30.7 Å². The van der Waals surface area contributed by atoms with Gasteiger partial charge in [0, 0.05) is 12.5 Å². The molecule has 3 heteroatoms. The summed E-state index contributed by atoms with van der Waals surface area (Å²) < 4.78 is 10.5. The molecule has 2 heterocycles. The van der Waals surface area contributed by atoms with E-state index in [0.717, 1.165) is 19.4 Å². The van der Waals surface area contributed by atoms with E-state index in [1.54, 1.807) is 0 Å². The zero-order valence-corrected chi connectivity index (χ0v) is 5.82. The van der Waals surface area contributed by atoms with Crippen molar-refractivity contribution in [2.75, 3.05) is 13.2 Å². The third-order valence-corrected chi connectivity index (χ3v) is 2.24. The second-order valence-corrected chi connectivity index (χ2v) is 2.95. The lowest BCUT2D eigenvalue weighted by Gasteiger charge is -2.25. The second-order valence-electron chi connectivity index (χ2n) is 2.95. The van der Waals surface area contributed by atoms with E-state index in [2.05, 4.69) is 0 Å². The highest BCUT2D eigenvalue weighted by Crippen LogP contribution is 2.30. The Kier molecular flexibility index (Phi) is 1.64. The quantitative estimate of drug-likeness (QED) is 0.525. The molecule has 0 aliphatic carbocycles. The summed E-state index contributed by atoms with van der Waals surface area (Å²) in [7, 11) is 0. The molecule has 3 atom stereocenters. The van der Waals surface area contributed by atoms with Gasteiger partial charge < -0.3 is 14.6 Å². The third-order valence-electron chi connectivity index (χ3n) is 2.24. The molecular weight excluding hydrogens is 132 g/mol. The van der Waals surface area contributed by atoms with Crippen LogP contribution in [0.1, 0.15) is 12.8 Å². The van der Waals surface area contributed by atoms with Crippen LogP contribution in [0.25, 0.3) is 0 Å². The average molecular weight is 144 g/mol. The van der Waals surface area contributed by atoms with Crippen molar-refractivity contribution in [3.05, 3.63) is 0 Å². The summed E-state index contributed by atoms with van der Waals surface area (Å²) in [6.45, 7) is 1.24. The molecule has 0 radical (unpaired) electrons. The van der Waals surface area contributed by atoms with Gasteiger partial charge in [-0.15, -0.1) is 0 Å². The molecule has 0 saturated carbocycles. The van der Waals surface area contributed by atoms with E-state index in [4.69, 9.17) is 9.47 Å². The van der Waals surface area contributed by atoms with Gasteiger partial charge in [0.25, 0.3) is 0 Å². The Morgan fingerprint density at radius 1 is 1.30 bits per heavy atom. The smallest absolute Gasteiger partial charge is 0.163 e. The summed E-state index contributed by atoms with van der Waals surface area (Å²) in [6.07, 6.45) is 1.71. The predicted octanol–water partition coefficient (Wildman–Crippen LogP) is 0.130. The number of aliphatic hydroxyl groups is 1. The summed E-state index contributed by atoms with van der Waals surface area (Å²) in [5, 5.41) is 9.32. The highest BCUT2D eigenvalue weighted by atomic mass is 16.7. The number of hydrogen-bond donors (Lipinski definition) is 1. The fraction of sp³-hybridized carbons (Fsp3) is 1.00. The Balaban J connectivity index is 2.01. The average Bonchev–Trinajstić information content (AvgIpc) is 2.34. The van der Waals surface area contributed by atoms with Gasteiger partial charge in [0.1, 0.15) is 0 Å². The van der Waals surface area contributed by atoms with Crippen LogP contribution in [0.3, 0.4) is 0 Å². The summed E-state index contributed by atoms with van der Waals surface area (Å²) >= 11 is 0. The Morgan fingerprint density at radius 2 is 2.20 bits per heavy atom. The molecule has 0 amide bonds. The van der Waals surface area contributed by atoms with Crippen molar-refractivity contribution in [3.63, 3.8) is 0 Å². The van der Waals surface area contributed by atoms with Gasteiger partial charge in [-0.25, -0.2) is 0 Å². The third kappa shape index (κ3) is 0.944. The second kappa shape index (κ2) is 2.49. The van der Waals surface area contributed by atoms with Crippen LogP contribution in [0.15, 0.2) is 0 Å². The number of aliphatic hydroxyl groups excluding tert-OH is 1. The molecule has 3 nitrogen and oxygen atoms in total. The Labute approximate surface area is 59.9 Å². The summed E-state index contributed by atoms with van der Waals surface area (Å²) in [5.74, 6) is 0.244. The van der Waals surface area contributed by atoms with Gasteiger partial charge in [-0.2, -0.15) is 0 Å². The van der Waals surface area contributed by atoms with Gasteiger partial charge in [-0.3, -0.25) is 0 Å². The predicted molar refractivity (Wildman–Crippen MR) is 34.4 cm³/mol. The van der Waals surface area contributed by atoms with Gasteiger partial charge in [-0.1, -0.05) is 0 Å². The minimum absolute atomic E-state index is 0.108. The zero-order chi connectivity index (χ0) is 6.97. The molecule has 0 unspecified atom stereocenters. The fourth-order valence-electron chi connectivity index (χ4n) is 1.64. The normalized spacial score (nSPS) is 47.1. The molecular formula is C7H12O3. The van der Waals surface area contributed by atoms with Crippen LogP contribution < -0.4 is 0 Å². The SMILES string of the molecule is O[C@H]1CO[C@H]2OCCC[C@H]21. The van der Waals surface area contributed by atoms with E-state index >= 15 is 0 Å². The van der Waals surface area contributed by atoms with Crippen molar-refractivity contribution in [2.45, 2.75) is 25.2 Å². The van der Waals surface area contributed by atoms with Crippen LogP contribution in [0.5, 0.6) is 0 Å². The molecule has 10 heavy (non-hydrogen) atoms. The molecule has 1 N–H and O–H groups in total. The first-order valence-corrected chi connectivity index (χ1v) is 3.79. The molecule has 0 spiro atoms. The number of fused-ring (bicyclic) bond motifs is 1. The molecule has 2 fully saturated rings. The molecule has 2 rings (SSSR count). The van der Waals surface area contributed by atoms with Crippen molar-refractivity contribution in [3.8, 4) is 0 Å². The minimum atomic E-state index is -0.287. The van der Waals surface area contributed by atoms with Gasteiger partial charge in [0.05, 0.1) is 12.7 Å². The first kappa shape index (κ1) is 6.58. The highest BCUT2D eigenvalue weighted by molar-refractivity contribution is 4.80. The minimum Gasteiger partial charge on any atom is -0.390 e. The molecule has 2 aliphatic heterocycles. The van der Waals surface area contributed by atoms with Gasteiger partial charge >= 0.3 is 0 Å². The van der Waals surface area contributed by atoms with Crippen molar-refractivity contribution < 1.29 is 14.6 Å². The van der Waals surface area contributed by atoms with Crippen LogP contribution in [0.4, 0.5) is 0 Å². The standard InChI is InChI=1S/C7H12O3/c8-6-4-10-7-5(6)2-1-3-9-7/h5-8H,1-4H2/t5-,6-,7+/m0/s1. The Morgan fingerprint density at radius 3 is 3.00 bits per heavy atom. The van der Waals surface area contributed by atoms with E-state index < -0.39 is 0 Å². The summed E-state index contributed by atoms with van der Waals surface area (Å²) in [5.41, 5.74) is 0. The number of ether oxygens (including phenoxy) is 2. The fourth-order valence-corrected chi connectivity index (χ4v) is 1.64. The molecule has 0 aromatic carbocycles. The molecule has 0 bridgehead atoms. The lowest BCUT2D eigenvalue weighted by atomic mass is 9.97. The van der Waals surface area contributed by atoms with Gasteiger partial charge in [0.15, 0.2) is 6.29 Å². The van der Waals surface area contributed by atoms with Crippen LogP contribution >= 0.6 is 0 Å². The number of hydrogen-bond acceptors (Lipinski definition) is 3. The van der Waals surface area contributed by atoms with Crippen LogP contribution in [-0.2, 0) is 9.47 Å². The number of rotatable bonds is 0. The van der Waals surface area contributed by atoms with E-state index in [1.165, 1.54) is 0 Å². The van der Waals surface area contributed by atoms with Crippen molar-refractivity contribution in [1.29, 1.82) is 0 Å². The Hall–Kier alpha value is -0.120. The maximum Gasteiger partial charge on any atom is 0.163 e. The molecule has 2 aliphatic rings. The monoisotopic (exact) mass is 144 g/mol. The van der Waals surface area contributed by atoms with Crippen molar-refractivity contribution >= 4 is 0 Å². The summed E-state index contributed by atoms with van der Waals surface area (Å²) in [6, 6.07) is 0. The maximum absolute atomic E-state index is 9.32. The van der Waals surface area contributed by atoms with Crippen LogP contribution in [0, 0.1) is 5.92 Å². The van der Waals surface area contributed by atoms with E-state index in [9.17, 15) is 5.11 Å². The Bertz CT molecular complexity index is 124. The largest absolute Gasteiger partial charge is 0.390 e.